The van der Waals surface area contributed by atoms with Crippen LogP contribution in [0, 0.1) is 0 Å². The first-order valence-corrected chi connectivity index (χ1v) is 7.24. The molecule has 0 atom stereocenters. The molecule has 2 N–H and O–H groups in total. The molecule has 3 rings (SSSR count). The molecule has 2 heterocycles. The molecule has 0 saturated heterocycles. The summed E-state index contributed by atoms with van der Waals surface area (Å²) >= 11 is 1.71. The van der Waals surface area contributed by atoms with Crippen molar-refractivity contribution < 1.29 is 4.52 Å². The van der Waals surface area contributed by atoms with E-state index in [0.29, 0.717) is 12.3 Å². The van der Waals surface area contributed by atoms with E-state index in [-0.39, 0.29) is 5.54 Å². The summed E-state index contributed by atoms with van der Waals surface area (Å²) in [6, 6.07) is 4.12. The highest BCUT2D eigenvalue weighted by Crippen LogP contribution is 2.30. The molecular weight excluding hydrogens is 246 g/mol. The van der Waals surface area contributed by atoms with Gasteiger partial charge in [0.15, 0.2) is 5.82 Å². The van der Waals surface area contributed by atoms with Gasteiger partial charge in [0.1, 0.15) is 0 Å². The second-order valence-electron chi connectivity index (χ2n) is 5.11. The van der Waals surface area contributed by atoms with Gasteiger partial charge in [-0.05, 0) is 24.3 Å². The Kier molecular flexibility index (Phi) is 3.18. The van der Waals surface area contributed by atoms with Crippen LogP contribution in [0.15, 0.2) is 22.0 Å². The molecule has 2 aromatic heterocycles. The molecule has 0 radical (unpaired) electrons. The lowest BCUT2D eigenvalue weighted by Gasteiger charge is -2.20. The lowest BCUT2D eigenvalue weighted by atomic mass is 9.95. The van der Waals surface area contributed by atoms with E-state index in [1.54, 1.807) is 11.3 Å². The predicted octanol–water partition coefficient (Wildman–Crippen LogP) is 2.54. The molecule has 0 bridgehead atoms. The Balaban J connectivity index is 1.66. The molecule has 0 unspecified atom stereocenters. The maximum atomic E-state index is 6.31. The molecule has 5 heteroatoms. The summed E-state index contributed by atoms with van der Waals surface area (Å²) in [6.07, 6.45) is 6.02. The summed E-state index contributed by atoms with van der Waals surface area (Å²) in [7, 11) is 0. The Hall–Kier alpha value is -1.20. The predicted molar refractivity (Wildman–Crippen MR) is 70.5 cm³/mol. The molecule has 1 aliphatic carbocycles. The Morgan fingerprint density at radius 3 is 2.94 bits per heavy atom. The molecule has 96 valence electrons. The molecule has 1 aliphatic rings. The van der Waals surface area contributed by atoms with Crippen LogP contribution in [0.25, 0.3) is 0 Å². The summed E-state index contributed by atoms with van der Waals surface area (Å²) in [5, 5.41) is 6.09. The van der Waals surface area contributed by atoms with Gasteiger partial charge < -0.3 is 10.3 Å². The van der Waals surface area contributed by atoms with E-state index in [1.807, 2.05) is 6.07 Å². The highest BCUT2D eigenvalue weighted by atomic mass is 32.1. The minimum atomic E-state index is -0.118. The molecule has 0 aliphatic heterocycles. The number of aromatic nitrogens is 2. The lowest BCUT2D eigenvalue weighted by molar-refractivity contribution is 0.327. The Morgan fingerprint density at radius 1 is 1.39 bits per heavy atom. The molecule has 1 fully saturated rings. The van der Waals surface area contributed by atoms with Crippen molar-refractivity contribution in [2.75, 3.05) is 0 Å². The maximum Gasteiger partial charge on any atom is 0.228 e. The molecule has 2 aromatic rings. The van der Waals surface area contributed by atoms with Gasteiger partial charge in [0, 0.05) is 23.3 Å². The van der Waals surface area contributed by atoms with Gasteiger partial charge in [-0.2, -0.15) is 4.98 Å². The van der Waals surface area contributed by atoms with E-state index in [4.69, 9.17) is 10.3 Å². The van der Waals surface area contributed by atoms with E-state index in [0.717, 1.165) is 25.1 Å². The monoisotopic (exact) mass is 263 g/mol. The second-order valence-corrected chi connectivity index (χ2v) is 6.14. The van der Waals surface area contributed by atoms with Crippen molar-refractivity contribution in [3.05, 3.63) is 34.1 Å². The van der Waals surface area contributed by atoms with Crippen LogP contribution < -0.4 is 5.73 Å². The molecule has 0 amide bonds. The first kappa shape index (κ1) is 11.9. The fraction of sp³-hybridized carbons (Fsp3) is 0.538. The van der Waals surface area contributed by atoms with Crippen LogP contribution in [0.5, 0.6) is 0 Å². The standard InChI is InChI=1S/C13H17N3OS/c14-13(5-1-2-6-13)9-12-15-11(16-17-12)8-10-4-3-7-18-10/h3-4,7H,1-2,5-6,8-9,14H2. The first-order chi connectivity index (χ1) is 8.73. The fourth-order valence-corrected chi connectivity index (χ4v) is 3.26. The van der Waals surface area contributed by atoms with Crippen LogP contribution in [-0.4, -0.2) is 15.7 Å². The largest absolute Gasteiger partial charge is 0.339 e. The smallest absolute Gasteiger partial charge is 0.228 e. The van der Waals surface area contributed by atoms with Gasteiger partial charge in [-0.25, -0.2) is 0 Å². The zero-order chi connectivity index (χ0) is 12.4. The molecule has 0 spiro atoms. The van der Waals surface area contributed by atoms with E-state index in [2.05, 4.69) is 21.6 Å². The summed E-state index contributed by atoms with van der Waals surface area (Å²) < 4.78 is 5.30. The Labute approximate surface area is 110 Å². The van der Waals surface area contributed by atoms with E-state index in [9.17, 15) is 0 Å². The lowest BCUT2D eigenvalue weighted by Crippen LogP contribution is -2.38. The zero-order valence-electron chi connectivity index (χ0n) is 10.3. The molecule has 18 heavy (non-hydrogen) atoms. The topological polar surface area (TPSA) is 64.9 Å². The fourth-order valence-electron chi connectivity index (χ4n) is 2.56. The number of thiophene rings is 1. The quantitative estimate of drug-likeness (QED) is 0.920. The Bertz CT molecular complexity index is 500. The van der Waals surface area contributed by atoms with Crippen LogP contribution in [0.1, 0.15) is 42.3 Å². The number of hydrogen-bond donors (Lipinski definition) is 1. The second kappa shape index (κ2) is 4.82. The summed E-state index contributed by atoms with van der Waals surface area (Å²) in [5.74, 6) is 1.44. The van der Waals surface area contributed by atoms with Gasteiger partial charge in [0.25, 0.3) is 0 Å². The van der Waals surface area contributed by atoms with Crippen molar-refractivity contribution in [3.63, 3.8) is 0 Å². The van der Waals surface area contributed by atoms with Gasteiger partial charge in [-0.1, -0.05) is 24.1 Å². The number of nitrogens with zero attached hydrogens (tertiary/aromatic N) is 2. The third-order valence-corrected chi connectivity index (χ3v) is 4.40. The van der Waals surface area contributed by atoms with E-state index < -0.39 is 0 Å². The van der Waals surface area contributed by atoms with Crippen molar-refractivity contribution in [2.24, 2.45) is 5.73 Å². The average Bonchev–Trinajstić information content (AvgIpc) is 3.03. The number of nitrogens with two attached hydrogens (primary N) is 1. The van der Waals surface area contributed by atoms with Crippen molar-refractivity contribution in [1.29, 1.82) is 0 Å². The molecule has 0 aromatic carbocycles. The van der Waals surface area contributed by atoms with Gasteiger partial charge in [-0.15, -0.1) is 11.3 Å². The third kappa shape index (κ3) is 2.62. The van der Waals surface area contributed by atoms with E-state index >= 15 is 0 Å². The van der Waals surface area contributed by atoms with Crippen molar-refractivity contribution in [3.8, 4) is 0 Å². The SMILES string of the molecule is NC1(Cc2nc(Cc3cccs3)no2)CCCC1. The number of hydrogen-bond acceptors (Lipinski definition) is 5. The molecule has 1 saturated carbocycles. The average molecular weight is 263 g/mol. The van der Waals surface area contributed by atoms with Crippen molar-refractivity contribution in [2.45, 2.75) is 44.1 Å². The highest BCUT2D eigenvalue weighted by molar-refractivity contribution is 7.09. The Morgan fingerprint density at radius 2 is 2.22 bits per heavy atom. The maximum absolute atomic E-state index is 6.31. The highest BCUT2D eigenvalue weighted by Gasteiger charge is 2.31. The normalized spacial score (nSPS) is 18.3. The van der Waals surface area contributed by atoms with Gasteiger partial charge in [0.05, 0.1) is 0 Å². The van der Waals surface area contributed by atoms with Crippen LogP contribution in [0.4, 0.5) is 0 Å². The van der Waals surface area contributed by atoms with Crippen molar-refractivity contribution >= 4 is 11.3 Å². The van der Waals surface area contributed by atoms with Crippen molar-refractivity contribution in [1.82, 2.24) is 10.1 Å². The summed E-state index contributed by atoms with van der Waals surface area (Å²) in [6.45, 7) is 0. The van der Waals surface area contributed by atoms with Gasteiger partial charge >= 0.3 is 0 Å². The van der Waals surface area contributed by atoms with Gasteiger partial charge in [0.2, 0.25) is 5.89 Å². The zero-order valence-corrected chi connectivity index (χ0v) is 11.1. The van der Waals surface area contributed by atoms with Crippen LogP contribution in [-0.2, 0) is 12.8 Å². The first-order valence-electron chi connectivity index (χ1n) is 6.36. The summed E-state index contributed by atoms with van der Waals surface area (Å²) in [4.78, 5) is 5.70. The van der Waals surface area contributed by atoms with E-state index in [1.165, 1.54) is 17.7 Å². The number of rotatable bonds is 4. The molecular formula is C13H17N3OS. The third-order valence-electron chi connectivity index (χ3n) is 3.53. The van der Waals surface area contributed by atoms with Crippen LogP contribution in [0.3, 0.4) is 0 Å². The minimum absolute atomic E-state index is 0.118. The van der Waals surface area contributed by atoms with Crippen LogP contribution in [0.2, 0.25) is 0 Å². The molecule has 4 nitrogen and oxygen atoms in total. The van der Waals surface area contributed by atoms with Gasteiger partial charge in [-0.3, -0.25) is 0 Å². The summed E-state index contributed by atoms with van der Waals surface area (Å²) in [5.41, 5.74) is 6.19. The van der Waals surface area contributed by atoms with Crippen LogP contribution >= 0.6 is 11.3 Å². The minimum Gasteiger partial charge on any atom is -0.339 e.